The number of ketones is 1. The Kier molecular flexibility index (Phi) is 7.21. The zero-order valence-electron chi connectivity index (χ0n) is 14.3. The summed E-state index contributed by atoms with van der Waals surface area (Å²) in [7, 11) is 0. The Balaban J connectivity index is 1.80. The van der Waals surface area contributed by atoms with Gasteiger partial charge in [-0.2, -0.15) is 0 Å². The van der Waals surface area contributed by atoms with E-state index < -0.39 is 0 Å². The van der Waals surface area contributed by atoms with Crippen molar-refractivity contribution in [2.24, 2.45) is 11.7 Å². The molecule has 24 heavy (non-hydrogen) atoms. The van der Waals surface area contributed by atoms with Crippen molar-refractivity contribution in [2.45, 2.75) is 19.8 Å². The van der Waals surface area contributed by atoms with E-state index in [1.165, 1.54) is 6.92 Å². The molecule has 0 aromatic heterocycles. The van der Waals surface area contributed by atoms with Crippen molar-refractivity contribution in [3.63, 3.8) is 0 Å². The molecule has 1 aliphatic heterocycles. The molecule has 1 aromatic rings. The minimum Gasteiger partial charge on any atom is -0.491 e. The third kappa shape index (κ3) is 5.32. The summed E-state index contributed by atoms with van der Waals surface area (Å²) in [6, 6.07) is 7.28. The Labute approximate surface area is 143 Å². The molecule has 1 heterocycles. The molecule has 0 aliphatic carbocycles. The molecule has 6 nitrogen and oxygen atoms in total. The van der Waals surface area contributed by atoms with E-state index in [2.05, 4.69) is 10.2 Å². The number of para-hydroxylation sites is 1. The number of carbonyl (C=O) groups excluding carboxylic acids is 2. The Morgan fingerprint density at radius 2 is 2.17 bits per heavy atom. The van der Waals surface area contributed by atoms with Gasteiger partial charge >= 0.3 is 0 Å². The second kappa shape index (κ2) is 9.39. The highest BCUT2D eigenvalue weighted by atomic mass is 16.5. The van der Waals surface area contributed by atoms with E-state index in [-0.39, 0.29) is 17.6 Å². The number of nitrogens with one attached hydrogen (secondary N) is 1. The van der Waals surface area contributed by atoms with Gasteiger partial charge in [0.25, 0.3) is 0 Å². The molecule has 0 bridgehead atoms. The quantitative estimate of drug-likeness (QED) is 0.695. The second-order valence-electron chi connectivity index (χ2n) is 6.12. The first kappa shape index (κ1) is 18.4. The summed E-state index contributed by atoms with van der Waals surface area (Å²) >= 11 is 0. The highest BCUT2D eigenvalue weighted by molar-refractivity contribution is 5.96. The van der Waals surface area contributed by atoms with Gasteiger partial charge in [-0.3, -0.25) is 14.5 Å². The van der Waals surface area contributed by atoms with Gasteiger partial charge in [0.05, 0.1) is 11.5 Å². The summed E-state index contributed by atoms with van der Waals surface area (Å²) in [5.74, 6) is 0.738. The maximum atomic E-state index is 12.1. The molecule has 0 radical (unpaired) electrons. The van der Waals surface area contributed by atoms with Crippen LogP contribution in [-0.2, 0) is 4.79 Å². The van der Waals surface area contributed by atoms with Gasteiger partial charge in [-0.15, -0.1) is 0 Å². The lowest BCUT2D eigenvalue weighted by atomic mass is 9.97. The van der Waals surface area contributed by atoms with E-state index in [0.29, 0.717) is 31.0 Å². The van der Waals surface area contributed by atoms with E-state index in [4.69, 9.17) is 10.5 Å². The van der Waals surface area contributed by atoms with Crippen LogP contribution in [0.4, 0.5) is 0 Å². The maximum Gasteiger partial charge on any atom is 0.224 e. The fraction of sp³-hybridized carbons (Fsp3) is 0.556. The van der Waals surface area contributed by atoms with Gasteiger partial charge < -0.3 is 15.8 Å². The number of rotatable bonds is 8. The van der Waals surface area contributed by atoms with Crippen LogP contribution < -0.4 is 15.8 Å². The van der Waals surface area contributed by atoms with Crippen LogP contribution in [0.1, 0.15) is 30.1 Å². The molecule has 1 aliphatic rings. The summed E-state index contributed by atoms with van der Waals surface area (Å²) in [6.45, 7) is 5.49. The van der Waals surface area contributed by atoms with Crippen molar-refractivity contribution in [1.29, 1.82) is 0 Å². The van der Waals surface area contributed by atoms with Crippen LogP contribution in [0, 0.1) is 5.92 Å². The number of nitrogens with two attached hydrogens (primary N) is 1. The number of hydrogen-bond donors (Lipinski definition) is 2. The minimum absolute atomic E-state index is 0.000196. The molecule has 1 aromatic carbocycles. The number of ether oxygens (including phenoxy) is 1. The second-order valence-corrected chi connectivity index (χ2v) is 6.12. The molecule has 2 rings (SSSR count). The van der Waals surface area contributed by atoms with Crippen LogP contribution in [0.2, 0.25) is 0 Å². The predicted octanol–water partition coefficient (Wildman–Crippen LogP) is 1.05. The number of amides is 1. The maximum absolute atomic E-state index is 12.1. The third-order valence-corrected chi connectivity index (χ3v) is 4.25. The summed E-state index contributed by atoms with van der Waals surface area (Å²) in [5, 5.41) is 2.87. The monoisotopic (exact) mass is 333 g/mol. The number of nitrogens with zero attached hydrogens (tertiary/aromatic N) is 1. The number of hydrogen-bond acceptors (Lipinski definition) is 5. The number of piperidine rings is 1. The third-order valence-electron chi connectivity index (χ3n) is 4.25. The Bertz CT molecular complexity index is 562. The lowest BCUT2D eigenvalue weighted by Crippen LogP contribution is -2.45. The lowest BCUT2D eigenvalue weighted by Gasteiger charge is -2.31. The molecule has 132 valence electrons. The lowest BCUT2D eigenvalue weighted by molar-refractivity contribution is -0.126. The highest BCUT2D eigenvalue weighted by Gasteiger charge is 2.25. The van der Waals surface area contributed by atoms with Crippen molar-refractivity contribution in [3.05, 3.63) is 29.8 Å². The van der Waals surface area contributed by atoms with Crippen LogP contribution >= 0.6 is 0 Å². The normalized spacial score (nSPS) is 18.2. The van der Waals surface area contributed by atoms with E-state index in [9.17, 15) is 9.59 Å². The zero-order chi connectivity index (χ0) is 17.4. The average molecular weight is 333 g/mol. The van der Waals surface area contributed by atoms with Crippen LogP contribution in [0.15, 0.2) is 24.3 Å². The largest absolute Gasteiger partial charge is 0.491 e. The number of carbonyl (C=O) groups is 2. The standard InChI is InChI=1S/C18H27N3O3/c1-14(22)16-6-2-3-7-17(16)24-12-11-21-10-4-5-15(13-21)18(23)20-9-8-19/h2-3,6-7,15H,4-5,8-13,19H2,1H3,(H,20,23). The topological polar surface area (TPSA) is 84.7 Å². The van der Waals surface area contributed by atoms with Crippen LogP contribution in [-0.4, -0.2) is 55.9 Å². The van der Waals surface area contributed by atoms with Crippen molar-refractivity contribution < 1.29 is 14.3 Å². The first-order valence-corrected chi connectivity index (χ1v) is 8.54. The van der Waals surface area contributed by atoms with E-state index in [0.717, 1.165) is 32.5 Å². The van der Waals surface area contributed by atoms with Gasteiger partial charge in [0.15, 0.2) is 5.78 Å². The molecule has 0 spiro atoms. The molecule has 1 unspecified atom stereocenters. The molecule has 0 saturated carbocycles. The van der Waals surface area contributed by atoms with Gasteiger partial charge in [-0.1, -0.05) is 12.1 Å². The number of Topliss-reactive ketones (excluding diaryl/α,β-unsaturated/α-hetero) is 1. The van der Waals surface area contributed by atoms with Crippen LogP contribution in [0.3, 0.4) is 0 Å². The van der Waals surface area contributed by atoms with Gasteiger partial charge in [-0.05, 0) is 38.4 Å². The molecule has 1 atom stereocenters. The summed E-state index contributed by atoms with van der Waals surface area (Å²) in [6.07, 6.45) is 1.92. The Morgan fingerprint density at radius 3 is 2.92 bits per heavy atom. The molecule has 1 saturated heterocycles. The molecule has 3 N–H and O–H groups in total. The van der Waals surface area contributed by atoms with Crippen LogP contribution in [0.5, 0.6) is 5.75 Å². The molecule has 1 fully saturated rings. The number of benzene rings is 1. The highest BCUT2D eigenvalue weighted by Crippen LogP contribution is 2.19. The van der Waals surface area contributed by atoms with Gasteiger partial charge in [0.2, 0.25) is 5.91 Å². The van der Waals surface area contributed by atoms with Crippen molar-refractivity contribution in [3.8, 4) is 5.75 Å². The Morgan fingerprint density at radius 1 is 1.38 bits per heavy atom. The van der Waals surface area contributed by atoms with E-state index >= 15 is 0 Å². The fourth-order valence-corrected chi connectivity index (χ4v) is 2.98. The zero-order valence-corrected chi connectivity index (χ0v) is 14.3. The smallest absolute Gasteiger partial charge is 0.224 e. The number of likely N-dealkylation sites (tertiary alicyclic amines) is 1. The Hall–Kier alpha value is -1.92. The molecule has 6 heteroatoms. The van der Waals surface area contributed by atoms with E-state index in [1.54, 1.807) is 6.07 Å². The molecule has 1 amide bonds. The SMILES string of the molecule is CC(=O)c1ccccc1OCCN1CCCC(C(=O)NCCN)C1. The van der Waals surface area contributed by atoms with Crippen LogP contribution in [0.25, 0.3) is 0 Å². The van der Waals surface area contributed by atoms with Gasteiger partial charge in [0.1, 0.15) is 12.4 Å². The van der Waals surface area contributed by atoms with E-state index in [1.807, 2.05) is 18.2 Å². The van der Waals surface area contributed by atoms with Crippen molar-refractivity contribution >= 4 is 11.7 Å². The van der Waals surface area contributed by atoms with Gasteiger partial charge in [-0.25, -0.2) is 0 Å². The van der Waals surface area contributed by atoms with Gasteiger partial charge in [0, 0.05) is 26.2 Å². The summed E-state index contributed by atoms with van der Waals surface area (Å²) in [4.78, 5) is 25.9. The molecular formula is C18H27N3O3. The first-order chi connectivity index (χ1) is 11.6. The predicted molar refractivity (Wildman–Crippen MR) is 93.2 cm³/mol. The summed E-state index contributed by atoms with van der Waals surface area (Å²) in [5.41, 5.74) is 6.03. The first-order valence-electron chi connectivity index (χ1n) is 8.54. The average Bonchev–Trinajstić information content (AvgIpc) is 2.60. The summed E-state index contributed by atoms with van der Waals surface area (Å²) < 4.78 is 5.78. The molecular weight excluding hydrogens is 306 g/mol. The fourth-order valence-electron chi connectivity index (χ4n) is 2.98. The van der Waals surface area contributed by atoms with Crippen molar-refractivity contribution in [2.75, 3.05) is 39.3 Å². The van der Waals surface area contributed by atoms with Crippen molar-refractivity contribution in [1.82, 2.24) is 10.2 Å². The minimum atomic E-state index is 0.000196.